The zero-order chi connectivity index (χ0) is 19.9. The summed E-state index contributed by atoms with van der Waals surface area (Å²) in [5.74, 6) is 0.0191. The lowest BCUT2D eigenvalue weighted by Gasteiger charge is -2.35. The number of nitrogens with zero attached hydrogens (tertiary/aromatic N) is 2. The number of para-hydroxylation sites is 1. The first-order chi connectivity index (χ1) is 13.5. The van der Waals surface area contributed by atoms with Crippen molar-refractivity contribution in [3.05, 3.63) is 59.9 Å². The molecule has 6 nitrogen and oxygen atoms in total. The summed E-state index contributed by atoms with van der Waals surface area (Å²) < 4.78 is 0. The van der Waals surface area contributed by atoms with Crippen LogP contribution in [0.15, 0.2) is 48.8 Å². The second kappa shape index (κ2) is 9.35. The minimum Gasteiger partial charge on any atom is -0.371 e. The minimum atomic E-state index is -0.0883. The van der Waals surface area contributed by atoms with E-state index in [0.29, 0.717) is 12.1 Å². The van der Waals surface area contributed by atoms with E-state index < -0.39 is 0 Å². The number of amides is 2. The fourth-order valence-corrected chi connectivity index (χ4v) is 3.35. The van der Waals surface area contributed by atoms with Gasteiger partial charge >= 0.3 is 0 Å². The number of piperidine rings is 1. The van der Waals surface area contributed by atoms with Crippen molar-refractivity contribution in [3.63, 3.8) is 0 Å². The van der Waals surface area contributed by atoms with Crippen molar-refractivity contribution in [2.75, 3.05) is 18.0 Å². The first kappa shape index (κ1) is 19.9. The van der Waals surface area contributed by atoms with E-state index in [1.807, 2.05) is 50.2 Å². The number of benzene rings is 1. The average Bonchev–Trinajstić information content (AvgIpc) is 2.73. The Bertz CT molecular complexity index is 799. The van der Waals surface area contributed by atoms with Gasteiger partial charge in [0.2, 0.25) is 5.91 Å². The second-order valence-corrected chi connectivity index (χ2v) is 7.49. The first-order valence-electron chi connectivity index (χ1n) is 9.86. The highest BCUT2D eigenvalue weighted by molar-refractivity contribution is 5.99. The minimum absolute atomic E-state index is 0.00210. The molecule has 2 N–H and O–H groups in total. The number of hydrogen-bond donors (Lipinski definition) is 2. The Morgan fingerprint density at radius 3 is 2.57 bits per heavy atom. The number of rotatable bonds is 6. The highest BCUT2D eigenvalue weighted by Gasteiger charge is 2.24. The summed E-state index contributed by atoms with van der Waals surface area (Å²) in [5, 5.41) is 6.09. The van der Waals surface area contributed by atoms with Gasteiger partial charge in [-0.2, -0.15) is 0 Å². The molecule has 1 saturated heterocycles. The quantitative estimate of drug-likeness (QED) is 0.808. The van der Waals surface area contributed by atoms with Crippen LogP contribution in [-0.4, -0.2) is 35.9 Å². The summed E-state index contributed by atoms with van der Waals surface area (Å²) in [5.41, 5.74) is 2.59. The van der Waals surface area contributed by atoms with Crippen molar-refractivity contribution >= 4 is 17.5 Å². The Hall–Kier alpha value is -2.89. The highest BCUT2D eigenvalue weighted by atomic mass is 16.2. The normalized spacial score (nSPS) is 14.8. The maximum Gasteiger partial charge on any atom is 0.253 e. The maximum atomic E-state index is 12.8. The van der Waals surface area contributed by atoms with Gasteiger partial charge < -0.3 is 15.5 Å². The third kappa shape index (κ3) is 5.09. The molecule has 0 atom stereocenters. The van der Waals surface area contributed by atoms with E-state index in [1.54, 1.807) is 12.4 Å². The average molecular weight is 380 g/mol. The van der Waals surface area contributed by atoms with Crippen LogP contribution in [0.2, 0.25) is 0 Å². The molecule has 148 valence electrons. The molecule has 1 aromatic carbocycles. The lowest BCUT2D eigenvalue weighted by atomic mass is 10.0. The molecular formula is C22H28N4O2. The molecule has 1 fully saturated rings. The summed E-state index contributed by atoms with van der Waals surface area (Å²) in [6, 6.07) is 11.7. The summed E-state index contributed by atoms with van der Waals surface area (Å²) in [6.07, 6.45) is 5.23. The Kier molecular flexibility index (Phi) is 6.63. The van der Waals surface area contributed by atoms with Crippen LogP contribution in [0.3, 0.4) is 0 Å². The maximum absolute atomic E-state index is 12.8. The third-order valence-corrected chi connectivity index (χ3v) is 5.03. The Morgan fingerprint density at radius 2 is 1.89 bits per heavy atom. The van der Waals surface area contributed by atoms with E-state index >= 15 is 0 Å². The smallest absolute Gasteiger partial charge is 0.253 e. The number of carbonyl (C=O) groups is 2. The largest absolute Gasteiger partial charge is 0.371 e. The first-order valence-corrected chi connectivity index (χ1v) is 9.86. The van der Waals surface area contributed by atoms with Crippen LogP contribution in [0.4, 0.5) is 5.69 Å². The zero-order valence-corrected chi connectivity index (χ0v) is 16.5. The van der Waals surface area contributed by atoms with Gasteiger partial charge in [0.25, 0.3) is 5.91 Å². The molecule has 3 rings (SSSR count). The molecule has 0 bridgehead atoms. The van der Waals surface area contributed by atoms with Crippen LogP contribution in [0.1, 0.15) is 42.6 Å². The van der Waals surface area contributed by atoms with Gasteiger partial charge in [0.1, 0.15) is 0 Å². The Labute approximate surface area is 166 Å². The van der Waals surface area contributed by atoms with E-state index in [0.717, 1.165) is 37.2 Å². The summed E-state index contributed by atoms with van der Waals surface area (Å²) >= 11 is 0. The molecule has 0 radical (unpaired) electrons. The summed E-state index contributed by atoms with van der Waals surface area (Å²) in [6.45, 7) is 5.89. The van der Waals surface area contributed by atoms with Crippen molar-refractivity contribution in [3.8, 4) is 0 Å². The molecule has 0 unspecified atom stereocenters. The molecule has 28 heavy (non-hydrogen) atoms. The summed E-state index contributed by atoms with van der Waals surface area (Å²) in [7, 11) is 0. The molecule has 1 aromatic heterocycles. The number of aromatic nitrogens is 1. The van der Waals surface area contributed by atoms with Gasteiger partial charge in [-0.25, -0.2) is 0 Å². The number of carbonyl (C=O) groups excluding carboxylic acids is 2. The van der Waals surface area contributed by atoms with Gasteiger partial charge in [0, 0.05) is 49.7 Å². The van der Waals surface area contributed by atoms with Crippen LogP contribution in [0.25, 0.3) is 0 Å². The second-order valence-electron chi connectivity index (χ2n) is 7.49. The van der Waals surface area contributed by atoms with Gasteiger partial charge in [0.05, 0.1) is 5.56 Å². The Morgan fingerprint density at radius 1 is 1.14 bits per heavy atom. The van der Waals surface area contributed by atoms with Crippen LogP contribution in [0, 0.1) is 5.92 Å². The van der Waals surface area contributed by atoms with E-state index in [4.69, 9.17) is 0 Å². The molecule has 2 heterocycles. The van der Waals surface area contributed by atoms with Crippen LogP contribution in [0.5, 0.6) is 0 Å². The fraction of sp³-hybridized carbons (Fsp3) is 0.409. The van der Waals surface area contributed by atoms with Gasteiger partial charge in [-0.05, 0) is 36.6 Å². The molecular weight excluding hydrogens is 352 g/mol. The molecule has 0 aliphatic carbocycles. The van der Waals surface area contributed by atoms with Crippen molar-refractivity contribution in [2.45, 2.75) is 39.3 Å². The number of anilines is 1. The molecule has 2 aromatic rings. The molecule has 0 spiro atoms. The topological polar surface area (TPSA) is 74.3 Å². The molecule has 1 aliphatic heterocycles. The van der Waals surface area contributed by atoms with Crippen LogP contribution < -0.4 is 15.5 Å². The van der Waals surface area contributed by atoms with Gasteiger partial charge in [-0.3, -0.25) is 14.6 Å². The van der Waals surface area contributed by atoms with Crippen LogP contribution >= 0.6 is 0 Å². The predicted octanol–water partition coefficient (Wildman–Crippen LogP) is 2.75. The van der Waals surface area contributed by atoms with Crippen LogP contribution in [-0.2, 0) is 11.3 Å². The van der Waals surface area contributed by atoms with E-state index in [2.05, 4.69) is 20.5 Å². The molecule has 2 amide bonds. The SMILES string of the molecule is CC(C)C(=O)NC1CCN(c2ccccc2C(=O)NCc2cccnc2)CC1. The molecule has 6 heteroatoms. The fourth-order valence-electron chi connectivity index (χ4n) is 3.35. The van der Waals surface area contributed by atoms with E-state index in [-0.39, 0.29) is 23.8 Å². The highest BCUT2D eigenvalue weighted by Crippen LogP contribution is 2.24. The standard InChI is InChI=1S/C22H28N4O2/c1-16(2)21(27)25-18-9-12-26(13-10-18)20-8-4-3-7-19(20)22(28)24-15-17-6-5-11-23-14-17/h3-8,11,14,16,18H,9-10,12-13,15H2,1-2H3,(H,24,28)(H,25,27). The van der Waals surface area contributed by atoms with Crippen molar-refractivity contribution in [1.82, 2.24) is 15.6 Å². The Balaban J connectivity index is 1.61. The number of nitrogens with one attached hydrogen (secondary N) is 2. The van der Waals surface area contributed by atoms with Gasteiger partial charge in [-0.1, -0.05) is 32.0 Å². The number of hydrogen-bond acceptors (Lipinski definition) is 4. The van der Waals surface area contributed by atoms with Gasteiger partial charge in [0.15, 0.2) is 0 Å². The van der Waals surface area contributed by atoms with Crippen molar-refractivity contribution < 1.29 is 9.59 Å². The molecule has 0 saturated carbocycles. The van der Waals surface area contributed by atoms with Crippen molar-refractivity contribution in [1.29, 1.82) is 0 Å². The molecule has 1 aliphatic rings. The lowest BCUT2D eigenvalue weighted by Crippen LogP contribution is -2.46. The third-order valence-electron chi connectivity index (χ3n) is 5.03. The van der Waals surface area contributed by atoms with Crippen molar-refractivity contribution in [2.24, 2.45) is 5.92 Å². The zero-order valence-electron chi connectivity index (χ0n) is 16.5. The van der Waals surface area contributed by atoms with Gasteiger partial charge in [-0.15, -0.1) is 0 Å². The van der Waals surface area contributed by atoms with E-state index in [1.165, 1.54) is 0 Å². The summed E-state index contributed by atoms with van der Waals surface area (Å²) in [4.78, 5) is 31.0. The monoisotopic (exact) mass is 380 g/mol. The number of pyridine rings is 1. The van der Waals surface area contributed by atoms with E-state index in [9.17, 15) is 9.59 Å². The predicted molar refractivity (Wildman–Crippen MR) is 110 cm³/mol. The lowest BCUT2D eigenvalue weighted by molar-refractivity contribution is -0.124.